The Morgan fingerprint density at radius 1 is 1.04 bits per heavy atom. The summed E-state index contributed by atoms with van der Waals surface area (Å²) in [5.74, 6) is -1.65. The first-order valence-electron chi connectivity index (χ1n) is 18.0. The van der Waals surface area contributed by atoms with Crippen LogP contribution in [0.2, 0.25) is 5.02 Å². The highest BCUT2D eigenvalue weighted by molar-refractivity contribution is 6.30. The molecule has 1 aliphatic carbocycles. The van der Waals surface area contributed by atoms with Crippen molar-refractivity contribution < 1.29 is 38.5 Å². The van der Waals surface area contributed by atoms with E-state index in [4.69, 9.17) is 25.8 Å². The molecule has 2 aromatic rings. The van der Waals surface area contributed by atoms with E-state index in [0.717, 1.165) is 16.9 Å². The molecular formula is C40H52ClN3O8. The molecule has 2 aliphatic rings. The average Bonchev–Trinajstić information content (AvgIpc) is 3.10. The van der Waals surface area contributed by atoms with Gasteiger partial charge in [0, 0.05) is 61.9 Å². The average molecular weight is 738 g/mol. The van der Waals surface area contributed by atoms with Crippen LogP contribution < -0.4 is 15.4 Å². The number of nitrogens with one attached hydrogen (secondary N) is 2. The number of benzene rings is 2. The van der Waals surface area contributed by atoms with E-state index >= 15 is 0 Å². The van der Waals surface area contributed by atoms with E-state index in [1.54, 1.807) is 36.1 Å². The molecule has 2 aromatic carbocycles. The van der Waals surface area contributed by atoms with Gasteiger partial charge in [-0.1, -0.05) is 54.5 Å². The standard InChI is InChI=1S/C40H52ClN3O8/c1-6-34-33(27(2)37(47)48)8-7-20-40(34,26-42-25-36(46)50-23-19-35(45)29-11-13-30(41)14-12-29)43-24-28-9-15-31(16-10-28)51-32-17-21-44(22-18-32)38(49)52-39(3,4)5/h7-16,20,27,32,34,42-43H,6,17-19,21-26H2,1-5H3,(H,47,48). The summed E-state index contributed by atoms with van der Waals surface area (Å²) < 4.78 is 17.1. The lowest BCUT2D eigenvalue weighted by molar-refractivity contribution is -0.142. The summed E-state index contributed by atoms with van der Waals surface area (Å²) in [6, 6.07) is 14.4. The number of amides is 1. The number of piperidine rings is 1. The lowest BCUT2D eigenvalue weighted by Gasteiger charge is -2.43. The molecule has 3 N–H and O–H groups in total. The van der Waals surface area contributed by atoms with Gasteiger partial charge in [0.25, 0.3) is 0 Å². The summed E-state index contributed by atoms with van der Waals surface area (Å²) in [5, 5.41) is 17.3. The van der Waals surface area contributed by atoms with Crippen molar-refractivity contribution in [2.75, 3.05) is 32.8 Å². The fourth-order valence-electron chi connectivity index (χ4n) is 6.56. The zero-order valence-electron chi connectivity index (χ0n) is 30.8. The number of nitrogens with zero attached hydrogens (tertiary/aromatic N) is 1. The van der Waals surface area contributed by atoms with E-state index < -0.39 is 29.0 Å². The second-order valence-electron chi connectivity index (χ2n) is 14.4. The maximum absolute atomic E-state index is 12.6. The van der Waals surface area contributed by atoms with E-state index in [1.807, 2.05) is 70.2 Å². The van der Waals surface area contributed by atoms with E-state index in [9.17, 15) is 24.3 Å². The number of likely N-dealkylation sites (tertiary alicyclic amines) is 1. The van der Waals surface area contributed by atoms with Gasteiger partial charge in [0.2, 0.25) is 0 Å². The zero-order valence-corrected chi connectivity index (χ0v) is 31.5. The normalized spacial score (nSPS) is 19.8. The monoisotopic (exact) mass is 737 g/mol. The Labute approximate surface area is 311 Å². The molecule has 12 heteroatoms. The van der Waals surface area contributed by atoms with Crippen molar-refractivity contribution in [2.24, 2.45) is 11.8 Å². The Kier molecular flexibility index (Phi) is 14.5. The number of rotatable bonds is 16. The molecule has 0 spiro atoms. The largest absolute Gasteiger partial charge is 0.490 e. The minimum Gasteiger partial charge on any atom is -0.490 e. The first-order valence-corrected chi connectivity index (χ1v) is 18.3. The number of carboxylic acids is 1. The maximum Gasteiger partial charge on any atom is 0.410 e. The first kappa shape index (κ1) is 40.6. The maximum atomic E-state index is 12.6. The highest BCUT2D eigenvalue weighted by Crippen LogP contribution is 2.37. The van der Waals surface area contributed by atoms with Crippen molar-refractivity contribution in [3.8, 4) is 5.75 Å². The quantitative estimate of drug-likeness (QED) is 0.127. The topological polar surface area (TPSA) is 144 Å². The Morgan fingerprint density at radius 2 is 1.71 bits per heavy atom. The van der Waals surface area contributed by atoms with Crippen molar-refractivity contribution in [1.29, 1.82) is 0 Å². The molecule has 1 fully saturated rings. The van der Waals surface area contributed by atoms with Gasteiger partial charge in [-0.2, -0.15) is 0 Å². The summed E-state index contributed by atoms with van der Waals surface area (Å²) >= 11 is 5.90. The fraction of sp³-hybridized carbons (Fsp3) is 0.500. The molecule has 1 heterocycles. The van der Waals surface area contributed by atoms with Crippen molar-refractivity contribution in [3.63, 3.8) is 0 Å². The Balaban J connectivity index is 1.33. The van der Waals surface area contributed by atoms with Gasteiger partial charge < -0.3 is 34.9 Å². The van der Waals surface area contributed by atoms with Crippen LogP contribution in [0.25, 0.3) is 0 Å². The minimum absolute atomic E-state index is 0.00761. The molecule has 4 rings (SSSR count). The highest BCUT2D eigenvalue weighted by Gasteiger charge is 2.41. The summed E-state index contributed by atoms with van der Waals surface area (Å²) in [6.07, 6.45) is 7.62. The van der Waals surface area contributed by atoms with Gasteiger partial charge in [0.1, 0.15) is 17.5 Å². The molecular weight excluding hydrogens is 686 g/mol. The molecule has 282 valence electrons. The molecule has 1 amide bonds. The molecule has 1 saturated heterocycles. The predicted molar refractivity (Wildman–Crippen MR) is 200 cm³/mol. The number of Topliss-reactive ketones (excluding diaryl/α,β-unsaturated/α-hetero) is 1. The lowest BCUT2D eigenvalue weighted by Crippen LogP contribution is -2.58. The zero-order chi connectivity index (χ0) is 37.9. The first-order chi connectivity index (χ1) is 24.7. The molecule has 3 unspecified atom stereocenters. The number of ether oxygens (including phenoxy) is 3. The molecule has 0 saturated carbocycles. The van der Waals surface area contributed by atoms with E-state index in [2.05, 4.69) is 10.6 Å². The predicted octanol–water partition coefficient (Wildman–Crippen LogP) is 6.60. The van der Waals surface area contributed by atoms with Gasteiger partial charge in [-0.15, -0.1) is 0 Å². The van der Waals surface area contributed by atoms with Crippen LogP contribution in [0.3, 0.4) is 0 Å². The molecule has 3 atom stereocenters. The van der Waals surface area contributed by atoms with Crippen LogP contribution in [-0.2, 0) is 25.6 Å². The Morgan fingerprint density at radius 3 is 2.33 bits per heavy atom. The van der Waals surface area contributed by atoms with E-state index in [1.165, 1.54) is 0 Å². The second kappa shape index (κ2) is 18.5. The van der Waals surface area contributed by atoms with Crippen molar-refractivity contribution >= 4 is 35.4 Å². The number of halogens is 1. The van der Waals surface area contributed by atoms with Gasteiger partial charge in [-0.25, -0.2) is 4.79 Å². The van der Waals surface area contributed by atoms with Gasteiger partial charge in [0.15, 0.2) is 5.78 Å². The molecule has 52 heavy (non-hydrogen) atoms. The second-order valence-corrected chi connectivity index (χ2v) is 14.8. The number of hydrogen-bond donors (Lipinski definition) is 3. The number of carbonyl (C=O) groups is 4. The van der Waals surface area contributed by atoms with E-state index in [-0.39, 0.29) is 43.5 Å². The molecule has 0 radical (unpaired) electrons. The van der Waals surface area contributed by atoms with Crippen molar-refractivity contribution in [3.05, 3.63) is 88.5 Å². The summed E-state index contributed by atoms with van der Waals surface area (Å²) in [7, 11) is 0. The van der Waals surface area contributed by atoms with Crippen LogP contribution in [0.4, 0.5) is 4.79 Å². The number of carboxylic acid groups (broad SMARTS) is 1. The van der Waals surface area contributed by atoms with Crippen molar-refractivity contribution in [2.45, 2.75) is 84.1 Å². The number of aliphatic carboxylic acids is 1. The van der Waals surface area contributed by atoms with Crippen LogP contribution in [0.5, 0.6) is 5.75 Å². The fourth-order valence-corrected chi connectivity index (χ4v) is 6.69. The Hall–Kier alpha value is -4.19. The number of carbonyl (C=O) groups excluding carboxylic acids is 3. The SMILES string of the molecule is CCC1C(C(C)C(=O)O)=CC=CC1(CNCC(=O)OCCC(=O)c1ccc(Cl)cc1)NCc1ccc(OC2CCN(C(=O)OC(C)(C)C)CC2)cc1. The smallest absolute Gasteiger partial charge is 0.410 e. The summed E-state index contributed by atoms with van der Waals surface area (Å²) in [5.41, 5.74) is 1.07. The molecule has 0 bridgehead atoms. The van der Waals surface area contributed by atoms with Crippen LogP contribution in [-0.4, -0.2) is 83.9 Å². The third kappa shape index (κ3) is 11.7. The third-order valence-electron chi connectivity index (χ3n) is 9.37. The lowest BCUT2D eigenvalue weighted by atomic mass is 9.70. The molecule has 11 nitrogen and oxygen atoms in total. The summed E-state index contributed by atoms with van der Waals surface area (Å²) in [4.78, 5) is 51.3. The third-order valence-corrected chi connectivity index (χ3v) is 9.62. The van der Waals surface area contributed by atoms with Crippen LogP contribution in [0.15, 0.2) is 72.3 Å². The Bertz CT molecular complexity index is 1590. The number of allylic oxidation sites excluding steroid dienone is 2. The number of hydrogen-bond acceptors (Lipinski definition) is 9. The van der Waals surface area contributed by atoms with Gasteiger partial charge in [0.05, 0.1) is 24.6 Å². The van der Waals surface area contributed by atoms with Gasteiger partial charge in [-0.05, 0) is 76.1 Å². The van der Waals surface area contributed by atoms with Crippen LogP contribution in [0.1, 0.15) is 76.2 Å². The molecule has 1 aliphatic heterocycles. The molecule has 0 aromatic heterocycles. The highest BCUT2D eigenvalue weighted by atomic mass is 35.5. The minimum atomic E-state index is -0.898. The van der Waals surface area contributed by atoms with E-state index in [0.29, 0.717) is 56.0 Å². The number of esters is 1. The van der Waals surface area contributed by atoms with Crippen LogP contribution in [0, 0.1) is 11.8 Å². The van der Waals surface area contributed by atoms with Gasteiger partial charge >= 0.3 is 18.0 Å². The summed E-state index contributed by atoms with van der Waals surface area (Å²) in [6.45, 7) is 11.1. The number of ketones is 1. The van der Waals surface area contributed by atoms with Crippen LogP contribution >= 0.6 is 11.6 Å². The van der Waals surface area contributed by atoms with Gasteiger partial charge in [-0.3, -0.25) is 14.4 Å². The van der Waals surface area contributed by atoms with Crippen molar-refractivity contribution in [1.82, 2.24) is 15.5 Å².